The van der Waals surface area contributed by atoms with Gasteiger partial charge in [0.05, 0.1) is 19.7 Å². The molecular formula is C20H25N3O3. The van der Waals surface area contributed by atoms with Crippen molar-refractivity contribution in [3.05, 3.63) is 54.6 Å². The fourth-order valence-electron chi connectivity index (χ4n) is 2.52. The summed E-state index contributed by atoms with van der Waals surface area (Å²) < 4.78 is 5.10. The average molecular weight is 355 g/mol. The summed E-state index contributed by atoms with van der Waals surface area (Å²) in [6.45, 7) is 4.43. The van der Waals surface area contributed by atoms with Gasteiger partial charge in [0.15, 0.2) is 0 Å². The van der Waals surface area contributed by atoms with Crippen molar-refractivity contribution in [2.45, 2.75) is 19.9 Å². The van der Waals surface area contributed by atoms with E-state index in [1.54, 1.807) is 38.3 Å². The van der Waals surface area contributed by atoms with Crippen LogP contribution in [0.2, 0.25) is 0 Å². The minimum atomic E-state index is -0.429. The molecule has 0 unspecified atom stereocenters. The van der Waals surface area contributed by atoms with Crippen LogP contribution in [-0.4, -0.2) is 43.0 Å². The van der Waals surface area contributed by atoms with Crippen LogP contribution in [0, 0.1) is 0 Å². The van der Waals surface area contributed by atoms with Gasteiger partial charge in [0.25, 0.3) is 0 Å². The molecule has 0 aliphatic rings. The first kappa shape index (κ1) is 19.5. The van der Waals surface area contributed by atoms with Gasteiger partial charge in [-0.15, -0.1) is 0 Å². The zero-order valence-corrected chi connectivity index (χ0v) is 15.4. The molecule has 6 heteroatoms. The number of nitrogens with zero attached hydrogens (tertiary/aromatic N) is 1. The van der Waals surface area contributed by atoms with Crippen LogP contribution in [0.25, 0.3) is 0 Å². The molecule has 2 aromatic rings. The minimum absolute atomic E-state index is 0.131. The topological polar surface area (TPSA) is 70.7 Å². The number of carbonyl (C=O) groups excluding carboxylic acids is 2. The van der Waals surface area contributed by atoms with E-state index < -0.39 is 6.04 Å². The molecule has 0 saturated carbocycles. The Labute approximate surface area is 154 Å². The standard InChI is InChI=1S/C20H25N3O3/c1-4-23(15(2)20(25)22-16-8-6-5-7-9-16)14-19(24)21-17-10-12-18(26-3)13-11-17/h5-13,15H,4,14H2,1-3H3,(H,21,24)(H,22,25)/t15-/m1/s1. The van der Waals surface area contributed by atoms with Crippen LogP contribution in [0.1, 0.15) is 13.8 Å². The molecule has 0 aromatic heterocycles. The fraction of sp³-hybridized carbons (Fsp3) is 0.300. The number of anilines is 2. The molecule has 26 heavy (non-hydrogen) atoms. The number of benzene rings is 2. The van der Waals surface area contributed by atoms with Crippen LogP contribution in [0.15, 0.2) is 54.6 Å². The third kappa shape index (κ3) is 5.60. The average Bonchev–Trinajstić information content (AvgIpc) is 2.67. The molecule has 0 heterocycles. The van der Waals surface area contributed by atoms with E-state index in [1.807, 2.05) is 42.2 Å². The molecule has 2 amide bonds. The lowest BCUT2D eigenvalue weighted by atomic mass is 10.2. The van der Waals surface area contributed by atoms with Crippen molar-refractivity contribution in [3.8, 4) is 5.75 Å². The molecule has 0 aliphatic heterocycles. The molecule has 2 N–H and O–H groups in total. The minimum Gasteiger partial charge on any atom is -0.497 e. The molecule has 2 aromatic carbocycles. The molecular weight excluding hydrogens is 330 g/mol. The lowest BCUT2D eigenvalue weighted by Crippen LogP contribution is -2.45. The quantitative estimate of drug-likeness (QED) is 0.764. The van der Waals surface area contributed by atoms with Crippen LogP contribution in [0.3, 0.4) is 0 Å². The molecule has 2 rings (SSSR count). The van der Waals surface area contributed by atoms with E-state index in [0.717, 1.165) is 11.4 Å². The van der Waals surface area contributed by atoms with Crippen molar-refractivity contribution in [1.82, 2.24) is 4.90 Å². The van der Waals surface area contributed by atoms with Crippen LogP contribution >= 0.6 is 0 Å². The van der Waals surface area contributed by atoms with Crippen molar-refractivity contribution in [2.75, 3.05) is 30.8 Å². The third-order valence-corrected chi connectivity index (χ3v) is 4.10. The van der Waals surface area contributed by atoms with Gasteiger partial charge in [-0.2, -0.15) is 0 Å². The molecule has 0 bridgehead atoms. The van der Waals surface area contributed by atoms with E-state index in [-0.39, 0.29) is 18.4 Å². The number of nitrogens with one attached hydrogen (secondary N) is 2. The largest absolute Gasteiger partial charge is 0.497 e. The summed E-state index contributed by atoms with van der Waals surface area (Å²) in [5.74, 6) is 0.413. The lowest BCUT2D eigenvalue weighted by molar-refractivity contribution is -0.123. The monoisotopic (exact) mass is 355 g/mol. The molecule has 0 spiro atoms. The number of para-hydroxylation sites is 1. The number of rotatable bonds is 8. The number of carbonyl (C=O) groups is 2. The molecule has 138 valence electrons. The molecule has 0 radical (unpaired) electrons. The highest BCUT2D eigenvalue weighted by molar-refractivity contribution is 5.96. The second-order valence-electron chi connectivity index (χ2n) is 5.87. The van der Waals surface area contributed by atoms with Crippen LogP contribution in [0.4, 0.5) is 11.4 Å². The second kappa shape index (κ2) is 9.58. The maximum atomic E-state index is 12.4. The predicted molar refractivity (Wildman–Crippen MR) is 103 cm³/mol. The first-order valence-corrected chi connectivity index (χ1v) is 8.57. The fourth-order valence-corrected chi connectivity index (χ4v) is 2.52. The number of likely N-dealkylation sites (N-methyl/N-ethyl adjacent to an activating group) is 1. The Hall–Kier alpha value is -2.86. The first-order valence-electron chi connectivity index (χ1n) is 8.57. The van der Waals surface area contributed by atoms with E-state index in [1.165, 1.54) is 0 Å². The van der Waals surface area contributed by atoms with E-state index in [9.17, 15) is 9.59 Å². The molecule has 1 atom stereocenters. The maximum Gasteiger partial charge on any atom is 0.241 e. The van der Waals surface area contributed by atoms with Crippen molar-refractivity contribution in [3.63, 3.8) is 0 Å². The van der Waals surface area contributed by atoms with Gasteiger partial charge in [0.2, 0.25) is 11.8 Å². The van der Waals surface area contributed by atoms with Crippen molar-refractivity contribution >= 4 is 23.2 Å². The molecule has 6 nitrogen and oxygen atoms in total. The van der Waals surface area contributed by atoms with E-state index in [2.05, 4.69) is 10.6 Å². The Bertz CT molecular complexity index is 717. The number of methoxy groups -OCH3 is 1. The van der Waals surface area contributed by atoms with Gasteiger partial charge in [0.1, 0.15) is 5.75 Å². The Kier molecular flexibility index (Phi) is 7.17. The molecule has 0 fully saturated rings. The summed E-state index contributed by atoms with van der Waals surface area (Å²) in [6, 6.07) is 16.0. The Balaban J connectivity index is 1.91. The number of hydrogen-bond acceptors (Lipinski definition) is 4. The summed E-state index contributed by atoms with van der Waals surface area (Å²) in [6.07, 6.45) is 0. The normalized spacial score (nSPS) is 11.7. The Morgan fingerprint density at radius 3 is 2.19 bits per heavy atom. The first-order chi connectivity index (χ1) is 12.5. The molecule has 0 aliphatic carbocycles. The predicted octanol–water partition coefficient (Wildman–Crippen LogP) is 2.98. The number of ether oxygens (including phenoxy) is 1. The summed E-state index contributed by atoms with van der Waals surface area (Å²) in [5, 5.41) is 5.70. The molecule has 0 saturated heterocycles. The van der Waals surface area contributed by atoms with Gasteiger partial charge in [-0.3, -0.25) is 14.5 Å². The van der Waals surface area contributed by atoms with Crippen LogP contribution in [-0.2, 0) is 9.59 Å². The number of amides is 2. The highest BCUT2D eigenvalue weighted by atomic mass is 16.5. The van der Waals surface area contributed by atoms with Crippen LogP contribution in [0.5, 0.6) is 5.75 Å². The Morgan fingerprint density at radius 1 is 1.00 bits per heavy atom. The van der Waals surface area contributed by atoms with Gasteiger partial charge in [0, 0.05) is 11.4 Å². The van der Waals surface area contributed by atoms with Gasteiger partial charge < -0.3 is 15.4 Å². The van der Waals surface area contributed by atoms with Gasteiger partial charge >= 0.3 is 0 Å². The summed E-state index contributed by atoms with van der Waals surface area (Å²) in [4.78, 5) is 26.5. The van der Waals surface area contributed by atoms with Crippen molar-refractivity contribution < 1.29 is 14.3 Å². The third-order valence-electron chi connectivity index (χ3n) is 4.10. The summed E-state index contributed by atoms with van der Waals surface area (Å²) in [7, 11) is 1.59. The van der Waals surface area contributed by atoms with E-state index >= 15 is 0 Å². The Morgan fingerprint density at radius 2 is 1.62 bits per heavy atom. The van der Waals surface area contributed by atoms with Crippen LogP contribution < -0.4 is 15.4 Å². The zero-order chi connectivity index (χ0) is 18.9. The van der Waals surface area contributed by atoms with E-state index in [0.29, 0.717) is 12.2 Å². The highest BCUT2D eigenvalue weighted by Crippen LogP contribution is 2.15. The lowest BCUT2D eigenvalue weighted by Gasteiger charge is -2.26. The zero-order valence-electron chi connectivity index (χ0n) is 15.4. The van der Waals surface area contributed by atoms with E-state index in [4.69, 9.17) is 4.74 Å². The highest BCUT2D eigenvalue weighted by Gasteiger charge is 2.22. The summed E-state index contributed by atoms with van der Waals surface area (Å²) in [5.41, 5.74) is 1.43. The smallest absolute Gasteiger partial charge is 0.241 e. The van der Waals surface area contributed by atoms with Gasteiger partial charge in [-0.25, -0.2) is 0 Å². The van der Waals surface area contributed by atoms with Crippen molar-refractivity contribution in [2.24, 2.45) is 0 Å². The van der Waals surface area contributed by atoms with Gasteiger partial charge in [-0.1, -0.05) is 25.1 Å². The second-order valence-corrected chi connectivity index (χ2v) is 5.87. The van der Waals surface area contributed by atoms with Crippen molar-refractivity contribution in [1.29, 1.82) is 0 Å². The number of hydrogen-bond donors (Lipinski definition) is 2. The SMILES string of the molecule is CCN(CC(=O)Nc1ccc(OC)cc1)[C@H](C)C(=O)Nc1ccccc1. The maximum absolute atomic E-state index is 12.4. The van der Waals surface area contributed by atoms with Gasteiger partial charge in [-0.05, 0) is 49.9 Å². The summed E-state index contributed by atoms with van der Waals surface area (Å²) >= 11 is 0.